The van der Waals surface area contributed by atoms with Crippen molar-refractivity contribution in [2.75, 3.05) is 0 Å². The lowest BCUT2D eigenvalue weighted by molar-refractivity contribution is -0.195. The lowest BCUT2D eigenvalue weighted by atomic mass is 10.1. The van der Waals surface area contributed by atoms with E-state index in [9.17, 15) is 18.0 Å². The number of nitrogens with zero attached hydrogens (tertiary/aromatic N) is 2. The topological polar surface area (TPSA) is 55.1 Å². The molecule has 0 saturated heterocycles. The van der Waals surface area contributed by atoms with E-state index >= 15 is 0 Å². The molecule has 21 heavy (non-hydrogen) atoms. The molecule has 1 aromatic carbocycles. The number of para-hydroxylation sites is 2. The number of imidazole rings is 1. The summed E-state index contributed by atoms with van der Waals surface area (Å²) in [5, 5.41) is 8.85. The lowest BCUT2D eigenvalue weighted by Gasteiger charge is -2.18. The normalized spacial score (nSPS) is 13.5. The Morgan fingerprint density at radius 2 is 2.05 bits per heavy atom. The van der Waals surface area contributed by atoms with E-state index in [0.717, 1.165) is 0 Å². The number of benzene rings is 1. The minimum absolute atomic E-state index is 0.481. The highest BCUT2D eigenvalue weighted by Gasteiger charge is 2.45. The Labute approximate surface area is 119 Å². The van der Waals surface area contributed by atoms with Crippen molar-refractivity contribution in [3.63, 3.8) is 0 Å². The van der Waals surface area contributed by atoms with Gasteiger partial charge in [-0.3, -0.25) is 4.79 Å². The summed E-state index contributed by atoms with van der Waals surface area (Å²) in [4.78, 5) is 15.2. The monoisotopic (exact) mass is 300 g/mol. The molecule has 0 fully saturated rings. The van der Waals surface area contributed by atoms with Gasteiger partial charge < -0.3 is 9.67 Å². The lowest BCUT2D eigenvalue weighted by Crippen LogP contribution is -2.34. The molecule has 1 heterocycles. The van der Waals surface area contributed by atoms with Crippen LogP contribution in [0.25, 0.3) is 11.0 Å². The SMILES string of the molecule is CCCc1nc2ccccc2n1CC(C(=O)O)C(F)(F)F. The van der Waals surface area contributed by atoms with E-state index in [1.807, 2.05) is 6.92 Å². The molecule has 0 radical (unpaired) electrons. The molecule has 7 heteroatoms. The van der Waals surface area contributed by atoms with Crippen molar-refractivity contribution in [1.29, 1.82) is 0 Å². The number of carboxylic acid groups (broad SMARTS) is 1. The molecule has 0 amide bonds. The van der Waals surface area contributed by atoms with E-state index in [-0.39, 0.29) is 0 Å². The number of hydrogen-bond donors (Lipinski definition) is 1. The molecule has 1 aromatic heterocycles. The summed E-state index contributed by atoms with van der Waals surface area (Å²) in [6, 6.07) is 6.79. The molecule has 0 aliphatic carbocycles. The van der Waals surface area contributed by atoms with Gasteiger partial charge in [-0.25, -0.2) is 4.98 Å². The van der Waals surface area contributed by atoms with E-state index in [2.05, 4.69) is 4.98 Å². The predicted molar refractivity (Wildman–Crippen MR) is 70.9 cm³/mol. The second-order valence-corrected chi connectivity index (χ2v) is 4.81. The number of carboxylic acids is 1. The number of halogens is 3. The number of aryl methyl sites for hydroxylation is 1. The van der Waals surface area contributed by atoms with Crippen LogP contribution in [0, 0.1) is 5.92 Å². The Hall–Kier alpha value is -2.05. The second-order valence-electron chi connectivity index (χ2n) is 4.81. The number of aromatic nitrogens is 2. The van der Waals surface area contributed by atoms with Gasteiger partial charge in [-0.15, -0.1) is 0 Å². The summed E-state index contributed by atoms with van der Waals surface area (Å²) in [6.07, 6.45) is -3.58. The van der Waals surface area contributed by atoms with Crippen molar-refractivity contribution in [2.45, 2.75) is 32.5 Å². The van der Waals surface area contributed by atoms with Crippen LogP contribution in [0.3, 0.4) is 0 Å². The van der Waals surface area contributed by atoms with Gasteiger partial charge in [0.15, 0.2) is 5.92 Å². The first-order valence-electron chi connectivity index (χ1n) is 6.58. The van der Waals surface area contributed by atoms with Crippen LogP contribution in [0.5, 0.6) is 0 Å². The van der Waals surface area contributed by atoms with Crippen LogP contribution in [0.15, 0.2) is 24.3 Å². The number of aliphatic carboxylic acids is 1. The fourth-order valence-corrected chi connectivity index (χ4v) is 2.25. The van der Waals surface area contributed by atoms with E-state index in [4.69, 9.17) is 5.11 Å². The maximum atomic E-state index is 12.9. The molecule has 0 spiro atoms. The third kappa shape index (κ3) is 3.17. The smallest absolute Gasteiger partial charge is 0.403 e. The molecule has 2 rings (SSSR count). The molecule has 114 valence electrons. The molecule has 0 saturated carbocycles. The highest BCUT2D eigenvalue weighted by atomic mass is 19.4. The van der Waals surface area contributed by atoms with Crippen LogP contribution < -0.4 is 0 Å². The minimum atomic E-state index is -4.79. The van der Waals surface area contributed by atoms with Crippen molar-refractivity contribution < 1.29 is 23.1 Å². The van der Waals surface area contributed by atoms with Gasteiger partial charge in [0.25, 0.3) is 0 Å². The molecular weight excluding hydrogens is 285 g/mol. The summed E-state index contributed by atoms with van der Waals surface area (Å²) in [7, 11) is 0. The maximum absolute atomic E-state index is 12.9. The molecule has 0 aliphatic heterocycles. The van der Waals surface area contributed by atoms with Crippen molar-refractivity contribution >= 4 is 17.0 Å². The molecule has 0 bridgehead atoms. The van der Waals surface area contributed by atoms with E-state index in [1.165, 1.54) is 4.57 Å². The Morgan fingerprint density at radius 1 is 1.38 bits per heavy atom. The van der Waals surface area contributed by atoms with Crippen molar-refractivity contribution in [3.8, 4) is 0 Å². The number of rotatable bonds is 5. The molecule has 1 unspecified atom stereocenters. The largest absolute Gasteiger partial charge is 0.481 e. The van der Waals surface area contributed by atoms with Gasteiger partial charge in [0.1, 0.15) is 5.82 Å². The first-order chi connectivity index (χ1) is 9.84. The minimum Gasteiger partial charge on any atom is -0.481 e. The fourth-order valence-electron chi connectivity index (χ4n) is 2.25. The average molecular weight is 300 g/mol. The van der Waals surface area contributed by atoms with Crippen LogP contribution >= 0.6 is 0 Å². The maximum Gasteiger partial charge on any atom is 0.403 e. The van der Waals surface area contributed by atoms with Gasteiger partial charge in [0.2, 0.25) is 0 Å². The van der Waals surface area contributed by atoms with Crippen molar-refractivity contribution in [1.82, 2.24) is 9.55 Å². The molecule has 2 aromatic rings. The van der Waals surface area contributed by atoms with E-state index in [0.29, 0.717) is 29.7 Å². The first kappa shape index (κ1) is 15.3. The highest BCUT2D eigenvalue weighted by Crippen LogP contribution is 2.30. The average Bonchev–Trinajstić information content (AvgIpc) is 2.72. The molecular formula is C14H15F3N2O2. The first-order valence-corrected chi connectivity index (χ1v) is 6.58. The zero-order valence-corrected chi connectivity index (χ0v) is 11.4. The Bertz CT molecular complexity index is 649. The van der Waals surface area contributed by atoms with Crippen molar-refractivity contribution in [2.24, 2.45) is 5.92 Å². The quantitative estimate of drug-likeness (QED) is 0.922. The van der Waals surface area contributed by atoms with Gasteiger partial charge in [-0.2, -0.15) is 13.2 Å². The van der Waals surface area contributed by atoms with E-state index < -0.39 is 24.6 Å². The molecule has 1 atom stereocenters. The van der Waals surface area contributed by atoms with Crippen LogP contribution in [0.4, 0.5) is 13.2 Å². The number of alkyl halides is 3. The summed E-state index contributed by atoms with van der Waals surface area (Å²) in [5.41, 5.74) is 1.10. The van der Waals surface area contributed by atoms with Gasteiger partial charge in [-0.1, -0.05) is 19.1 Å². The second kappa shape index (κ2) is 5.75. The third-order valence-electron chi connectivity index (χ3n) is 3.27. The van der Waals surface area contributed by atoms with Gasteiger partial charge >= 0.3 is 12.1 Å². The van der Waals surface area contributed by atoms with Crippen LogP contribution in [-0.4, -0.2) is 26.8 Å². The third-order valence-corrected chi connectivity index (χ3v) is 3.27. The molecule has 4 nitrogen and oxygen atoms in total. The summed E-state index contributed by atoms with van der Waals surface area (Å²) in [5.74, 6) is -3.83. The number of carbonyl (C=O) groups is 1. The van der Waals surface area contributed by atoms with Gasteiger partial charge in [-0.05, 0) is 18.6 Å². The molecule has 1 N–H and O–H groups in total. The molecule has 0 aliphatic rings. The van der Waals surface area contributed by atoms with Crippen molar-refractivity contribution in [3.05, 3.63) is 30.1 Å². The van der Waals surface area contributed by atoms with Gasteiger partial charge in [0.05, 0.1) is 11.0 Å². The van der Waals surface area contributed by atoms with Gasteiger partial charge in [0, 0.05) is 13.0 Å². The van der Waals surface area contributed by atoms with E-state index in [1.54, 1.807) is 24.3 Å². The summed E-state index contributed by atoms with van der Waals surface area (Å²) < 4.78 is 40.0. The Morgan fingerprint density at radius 3 is 2.62 bits per heavy atom. The zero-order chi connectivity index (χ0) is 15.6. The summed E-state index contributed by atoms with van der Waals surface area (Å²) >= 11 is 0. The van der Waals surface area contributed by atoms with Crippen LogP contribution in [-0.2, 0) is 17.8 Å². The predicted octanol–water partition coefficient (Wildman–Crippen LogP) is 3.25. The van der Waals surface area contributed by atoms with Crippen LogP contribution in [0.1, 0.15) is 19.2 Å². The standard InChI is InChI=1S/C14H15F3N2O2/c1-2-5-12-18-10-6-3-4-7-11(10)19(12)8-9(13(20)21)14(15,16)17/h3-4,6-7,9H,2,5,8H2,1H3,(H,20,21). The summed E-state index contributed by atoms with van der Waals surface area (Å²) in [6.45, 7) is 1.23. The zero-order valence-electron chi connectivity index (χ0n) is 11.4. The fraction of sp³-hybridized carbons (Fsp3) is 0.429. The van der Waals surface area contributed by atoms with Crippen LogP contribution in [0.2, 0.25) is 0 Å². The Kier molecular flexibility index (Phi) is 4.20. The number of fused-ring (bicyclic) bond motifs is 1. The highest BCUT2D eigenvalue weighted by molar-refractivity contribution is 5.76. The number of hydrogen-bond acceptors (Lipinski definition) is 2. The Balaban J connectivity index is 2.48.